The molecule has 0 aliphatic carbocycles. The highest BCUT2D eigenvalue weighted by Crippen LogP contribution is 2.27. The first-order chi connectivity index (χ1) is 9.74. The van der Waals surface area contributed by atoms with Gasteiger partial charge in [-0.3, -0.25) is 0 Å². The number of para-hydroxylation sites is 1. The fraction of sp³-hybridized carbons (Fsp3) is 0.250. The average Bonchev–Trinajstić information content (AvgIpc) is 2.66. The molecule has 20 heavy (non-hydrogen) atoms. The summed E-state index contributed by atoms with van der Waals surface area (Å²) in [5.41, 5.74) is 3.94. The molecule has 2 aromatic carbocycles. The number of hydrogen-bond donors (Lipinski definition) is 1. The molecular formula is C16H16BrClN2. The van der Waals surface area contributed by atoms with E-state index in [2.05, 4.69) is 62.5 Å². The van der Waals surface area contributed by atoms with Crippen LogP contribution >= 0.6 is 27.5 Å². The highest BCUT2D eigenvalue weighted by molar-refractivity contribution is 9.10. The van der Waals surface area contributed by atoms with Crippen LogP contribution in [-0.4, -0.2) is 13.1 Å². The van der Waals surface area contributed by atoms with E-state index in [1.807, 2.05) is 6.07 Å². The number of nitrogens with zero attached hydrogens (tertiary/aromatic N) is 1. The van der Waals surface area contributed by atoms with Gasteiger partial charge < -0.3 is 10.2 Å². The molecule has 1 heterocycles. The quantitative estimate of drug-likeness (QED) is 0.872. The van der Waals surface area contributed by atoms with E-state index < -0.39 is 0 Å². The summed E-state index contributed by atoms with van der Waals surface area (Å²) in [6.45, 7) is 3.85. The molecule has 0 bridgehead atoms. The fourth-order valence-corrected chi connectivity index (χ4v) is 3.09. The van der Waals surface area contributed by atoms with Gasteiger partial charge in [0.15, 0.2) is 0 Å². The van der Waals surface area contributed by atoms with Gasteiger partial charge in [-0.15, -0.1) is 0 Å². The molecule has 0 saturated heterocycles. The molecule has 0 fully saturated rings. The maximum atomic E-state index is 6.06. The summed E-state index contributed by atoms with van der Waals surface area (Å²) in [6, 6.07) is 14.7. The van der Waals surface area contributed by atoms with E-state index in [0.717, 1.165) is 35.7 Å². The van der Waals surface area contributed by atoms with Gasteiger partial charge in [0.1, 0.15) is 0 Å². The smallest absolute Gasteiger partial charge is 0.0548 e. The molecular weight excluding hydrogens is 336 g/mol. The molecule has 0 unspecified atom stereocenters. The Morgan fingerprint density at radius 2 is 2.05 bits per heavy atom. The van der Waals surface area contributed by atoms with Gasteiger partial charge in [0.25, 0.3) is 0 Å². The van der Waals surface area contributed by atoms with Crippen LogP contribution in [0.3, 0.4) is 0 Å². The third-order valence-electron chi connectivity index (χ3n) is 3.56. The van der Waals surface area contributed by atoms with Crippen LogP contribution in [0.1, 0.15) is 11.1 Å². The van der Waals surface area contributed by atoms with E-state index in [4.69, 9.17) is 11.6 Å². The first-order valence-electron chi connectivity index (χ1n) is 6.71. The fourth-order valence-electron chi connectivity index (χ4n) is 2.55. The van der Waals surface area contributed by atoms with Gasteiger partial charge in [0.05, 0.1) is 5.02 Å². The van der Waals surface area contributed by atoms with E-state index in [9.17, 15) is 0 Å². The van der Waals surface area contributed by atoms with Crippen molar-refractivity contribution in [2.75, 3.05) is 18.0 Å². The number of nitrogens with one attached hydrogen (secondary N) is 1. The lowest BCUT2D eigenvalue weighted by molar-refractivity contribution is 0.688. The molecule has 3 rings (SSSR count). The lowest BCUT2D eigenvalue weighted by Crippen LogP contribution is -2.28. The van der Waals surface area contributed by atoms with Crippen LogP contribution in [0.25, 0.3) is 0 Å². The molecule has 104 valence electrons. The second kappa shape index (κ2) is 6.17. The van der Waals surface area contributed by atoms with Crippen molar-refractivity contribution < 1.29 is 0 Å². The van der Waals surface area contributed by atoms with Gasteiger partial charge in [0.2, 0.25) is 0 Å². The van der Waals surface area contributed by atoms with Crippen molar-refractivity contribution >= 4 is 33.2 Å². The minimum Gasteiger partial charge on any atom is -0.366 e. The van der Waals surface area contributed by atoms with Gasteiger partial charge in [-0.25, -0.2) is 0 Å². The predicted octanol–water partition coefficient (Wildman–Crippen LogP) is 4.21. The molecule has 0 atom stereocenters. The number of fused-ring (bicyclic) bond motifs is 1. The maximum absolute atomic E-state index is 6.06. The third-order valence-corrected chi connectivity index (χ3v) is 4.78. The summed E-state index contributed by atoms with van der Waals surface area (Å²) in [7, 11) is 0. The Bertz CT molecular complexity index is 615. The Kier molecular flexibility index (Phi) is 4.29. The summed E-state index contributed by atoms with van der Waals surface area (Å²) < 4.78 is 0.956. The van der Waals surface area contributed by atoms with Gasteiger partial charge in [-0.05, 0) is 45.3 Å². The number of hydrogen-bond acceptors (Lipinski definition) is 2. The molecule has 1 aliphatic rings. The molecule has 4 heteroatoms. The minimum absolute atomic E-state index is 0.756. The molecule has 0 spiro atoms. The van der Waals surface area contributed by atoms with E-state index in [1.54, 1.807) is 0 Å². The van der Waals surface area contributed by atoms with Crippen LogP contribution in [0.15, 0.2) is 46.9 Å². The standard InChI is InChI=1S/C16H16BrClN2/c17-14-9-12(5-6-15(14)18)11-20-8-7-19-10-13-3-1-2-4-16(13)20/h1-6,9,19H,7-8,10-11H2. The highest BCUT2D eigenvalue weighted by atomic mass is 79.9. The van der Waals surface area contributed by atoms with Crippen LogP contribution in [0.2, 0.25) is 5.02 Å². The Hall–Kier alpha value is -1.03. The Labute approximate surface area is 132 Å². The third kappa shape index (κ3) is 3.00. The van der Waals surface area contributed by atoms with Crippen molar-refractivity contribution in [1.82, 2.24) is 5.32 Å². The summed E-state index contributed by atoms with van der Waals surface area (Å²) in [4.78, 5) is 2.42. The molecule has 2 nitrogen and oxygen atoms in total. The Balaban J connectivity index is 1.88. The number of rotatable bonds is 2. The first-order valence-corrected chi connectivity index (χ1v) is 7.88. The predicted molar refractivity (Wildman–Crippen MR) is 88.4 cm³/mol. The van der Waals surface area contributed by atoms with Gasteiger partial charge >= 0.3 is 0 Å². The number of halogens is 2. The van der Waals surface area contributed by atoms with E-state index in [-0.39, 0.29) is 0 Å². The molecule has 0 radical (unpaired) electrons. The molecule has 1 N–H and O–H groups in total. The summed E-state index contributed by atoms with van der Waals surface area (Å²) in [6.07, 6.45) is 0. The van der Waals surface area contributed by atoms with E-state index in [0.29, 0.717) is 0 Å². The van der Waals surface area contributed by atoms with Crippen LogP contribution in [-0.2, 0) is 13.1 Å². The highest BCUT2D eigenvalue weighted by Gasteiger charge is 2.14. The maximum Gasteiger partial charge on any atom is 0.0548 e. The monoisotopic (exact) mass is 350 g/mol. The Morgan fingerprint density at radius 1 is 1.20 bits per heavy atom. The van der Waals surface area contributed by atoms with Crippen molar-refractivity contribution in [1.29, 1.82) is 0 Å². The van der Waals surface area contributed by atoms with Crippen LogP contribution in [0.5, 0.6) is 0 Å². The van der Waals surface area contributed by atoms with Crippen LogP contribution in [0.4, 0.5) is 5.69 Å². The first kappa shape index (κ1) is 13.9. The summed E-state index contributed by atoms with van der Waals surface area (Å²) in [5.74, 6) is 0. The van der Waals surface area contributed by atoms with Gasteiger partial charge in [-0.1, -0.05) is 35.9 Å². The summed E-state index contributed by atoms with van der Waals surface area (Å²) in [5, 5.41) is 4.22. The zero-order valence-corrected chi connectivity index (χ0v) is 13.4. The van der Waals surface area contributed by atoms with Crippen LogP contribution < -0.4 is 10.2 Å². The largest absolute Gasteiger partial charge is 0.366 e. The van der Waals surface area contributed by atoms with E-state index in [1.165, 1.54) is 16.8 Å². The minimum atomic E-state index is 0.756. The second-order valence-corrected chi connectivity index (χ2v) is 6.24. The number of anilines is 1. The van der Waals surface area contributed by atoms with Crippen molar-refractivity contribution in [3.8, 4) is 0 Å². The summed E-state index contributed by atoms with van der Waals surface area (Å²) >= 11 is 9.56. The Morgan fingerprint density at radius 3 is 2.90 bits per heavy atom. The van der Waals surface area contributed by atoms with Crippen molar-refractivity contribution in [3.05, 3.63) is 63.1 Å². The molecule has 1 aliphatic heterocycles. The molecule has 0 amide bonds. The van der Waals surface area contributed by atoms with Crippen molar-refractivity contribution in [3.63, 3.8) is 0 Å². The zero-order valence-electron chi connectivity index (χ0n) is 11.1. The second-order valence-electron chi connectivity index (χ2n) is 4.98. The van der Waals surface area contributed by atoms with Gasteiger partial charge in [-0.2, -0.15) is 0 Å². The van der Waals surface area contributed by atoms with E-state index >= 15 is 0 Å². The van der Waals surface area contributed by atoms with Crippen molar-refractivity contribution in [2.45, 2.75) is 13.1 Å². The lowest BCUT2D eigenvalue weighted by atomic mass is 10.1. The lowest BCUT2D eigenvalue weighted by Gasteiger charge is -2.24. The average molecular weight is 352 g/mol. The zero-order chi connectivity index (χ0) is 13.9. The topological polar surface area (TPSA) is 15.3 Å². The molecule has 0 aromatic heterocycles. The molecule has 0 saturated carbocycles. The SMILES string of the molecule is Clc1ccc(CN2CCNCc3ccccc32)cc1Br. The van der Waals surface area contributed by atoms with Gasteiger partial charge in [0, 0.05) is 36.3 Å². The normalized spacial score (nSPS) is 14.8. The number of benzene rings is 2. The van der Waals surface area contributed by atoms with Crippen molar-refractivity contribution in [2.24, 2.45) is 0 Å². The van der Waals surface area contributed by atoms with Crippen LogP contribution in [0, 0.1) is 0 Å². The molecule has 2 aromatic rings.